The van der Waals surface area contributed by atoms with Gasteiger partial charge in [-0.2, -0.15) is 0 Å². The van der Waals surface area contributed by atoms with Gasteiger partial charge in [0.15, 0.2) is 9.84 Å². The molecule has 0 bridgehead atoms. The Bertz CT molecular complexity index is 932. The van der Waals surface area contributed by atoms with Gasteiger partial charge in [-0.15, -0.1) is 0 Å². The van der Waals surface area contributed by atoms with Crippen LogP contribution in [0.15, 0.2) is 18.5 Å². The van der Waals surface area contributed by atoms with Gasteiger partial charge in [-0.05, 0) is 55.6 Å². The average molecular weight is 374 g/mol. The molecule has 2 saturated carbocycles. The molecular weight excluding hydrogens is 346 g/mol. The molecular formula is C20H27N3O2S. The van der Waals surface area contributed by atoms with Gasteiger partial charge in [0.25, 0.3) is 0 Å². The van der Waals surface area contributed by atoms with Crippen LogP contribution in [0.1, 0.15) is 44.6 Å². The highest BCUT2D eigenvalue weighted by Crippen LogP contribution is 2.45. The summed E-state index contributed by atoms with van der Waals surface area (Å²) in [5, 5.41) is 1.18. The summed E-state index contributed by atoms with van der Waals surface area (Å²) in [7, 11) is -2.87. The van der Waals surface area contributed by atoms with Crippen LogP contribution in [0.3, 0.4) is 0 Å². The van der Waals surface area contributed by atoms with E-state index in [0.29, 0.717) is 23.6 Å². The maximum Gasteiger partial charge on any atom is 0.153 e. The first-order valence-corrected chi connectivity index (χ1v) is 11.7. The molecule has 2 aromatic heterocycles. The molecule has 2 aromatic rings. The Labute approximate surface area is 155 Å². The van der Waals surface area contributed by atoms with Crippen molar-refractivity contribution >= 4 is 26.6 Å². The maximum absolute atomic E-state index is 12.5. The second kappa shape index (κ2) is 5.98. The Kier molecular flexibility index (Phi) is 3.82. The number of pyridine rings is 1. The minimum Gasteiger partial charge on any atom is -0.367 e. The van der Waals surface area contributed by atoms with E-state index in [2.05, 4.69) is 27.9 Å². The Morgan fingerprint density at radius 1 is 1.31 bits per heavy atom. The summed E-state index contributed by atoms with van der Waals surface area (Å²) in [6, 6.07) is 2.59. The zero-order valence-electron chi connectivity index (χ0n) is 15.3. The first kappa shape index (κ1) is 16.6. The molecule has 2 fully saturated rings. The van der Waals surface area contributed by atoms with Gasteiger partial charge in [0.05, 0.1) is 16.7 Å². The van der Waals surface area contributed by atoms with E-state index in [9.17, 15) is 8.42 Å². The predicted molar refractivity (Wildman–Crippen MR) is 104 cm³/mol. The SMILES string of the molecule is CC[C@@H]1C[C@H](CS(=O)(=O)C2CC2)C[C@@H]1N1CCc2cnc3[nH]ccc3c21. The molecule has 5 rings (SSSR count). The monoisotopic (exact) mass is 373 g/mol. The van der Waals surface area contributed by atoms with Crippen LogP contribution in [0.5, 0.6) is 0 Å². The van der Waals surface area contributed by atoms with Gasteiger partial charge in [-0.3, -0.25) is 0 Å². The number of nitrogens with zero attached hydrogens (tertiary/aromatic N) is 2. The largest absolute Gasteiger partial charge is 0.367 e. The van der Waals surface area contributed by atoms with Gasteiger partial charge in [0.2, 0.25) is 0 Å². The number of rotatable bonds is 5. The smallest absolute Gasteiger partial charge is 0.153 e. The van der Waals surface area contributed by atoms with Gasteiger partial charge >= 0.3 is 0 Å². The summed E-state index contributed by atoms with van der Waals surface area (Å²) in [5.41, 5.74) is 3.63. The number of anilines is 1. The Hall–Kier alpha value is -1.56. The zero-order valence-corrected chi connectivity index (χ0v) is 16.1. The minimum absolute atomic E-state index is 0.0281. The third kappa shape index (κ3) is 2.65. The summed E-state index contributed by atoms with van der Waals surface area (Å²) in [5.74, 6) is 1.31. The fourth-order valence-corrected chi connectivity index (χ4v) is 7.36. The Morgan fingerprint density at radius 2 is 2.15 bits per heavy atom. The lowest BCUT2D eigenvalue weighted by molar-refractivity contribution is 0.440. The summed E-state index contributed by atoms with van der Waals surface area (Å²) >= 11 is 0. The molecule has 0 unspecified atom stereocenters. The van der Waals surface area contributed by atoms with E-state index in [4.69, 9.17) is 0 Å². The molecule has 3 aliphatic rings. The van der Waals surface area contributed by atoms with Crippen molar-refractivity contribution in [2.45, 2.75) is 56.7 Å². The number of hydrogen-bond donors (Lipinski definition) is 1. The van der Waals surface area contributed by atoms with Crippen LogP contribution in [0.25, 0.3) is 11.0 Å². The summed E-state index contributed by atoms with van der Waals surface area (Å²) < 4.78 is 25.0. The van der Waals surface area contributed by atoms with E-state index in [0.717, 1.165) is 50.7 Å². The van der Waals surface area contributed by atoms with E-state index in [1.807, 2.05) is 12.4 Å². The molecule has 0 spiro atoms. The van der Waals surface area contributed by atoms with Gasteiger partial charge in [0, 0.05) is 30.4 Å². The second-order valence-corrected chi connectivity index (χ2v) is 10.7. The van der Waals surface area contributed by atoms with Crippen LogP contribution in [-0.4, -0.2) is 42.0 Å². The van der Waals surface area contributed by atoms with Crippen molar-refractivity contribution < 1.29 is 8.42 Å². The number of hydrogen-bond acceptors (Lipinski definition) is 4. The van der Waals surface area contributed by atoms with Crippen LogP contribution in [0.4, 0.5) is 5.69 Å². The number of nitrogens with one attached hydrogen (secondary N) is 1. The van der Waals surface area contributed by atoms with E-state index >= 15 is 0 Å². The van der Waals surface area contributed by atoms with Crippen LogP contribution in [0, 0.1) is 11.8 Å². The molecule has 26 heavy (non-hydrogen) atoms. The molecule has 1 aliphatic heterocycles. The highest BCUT2D eigenvalue weighted by molar-refractivity contribution is 7.92. The molecule has 3 heterocycles. The molecule has 2 aliphatic carbocycles. The van der Waals surface area contributed by atoms with Crippen molar-refractivity contribution in [1.29, 1.82) is 0 Å². The summed E-state index contributed by atoms with van der Waals surface area (Å²) in [4.78, 5) is 10.3. The third-order valence-electron chi connectivity index (χ3n) is 6.72. The average Bonchev–Trinajstić information content (AvgIpc) is 3.06. The Morgan fingerprint density at radius 3 is 2.92 bits per heavy atom. The minimum atomic E-state index is -2.87. The van der Waals surface area contributed by atoms with Crippen LogP contribution < -0.4 is 4.90 Å². The van der Waals surface area contributed by atoms with Gasteiger partial charge in [-0.25, -0.2) is 13.4 Å². The van der Waals surface area contributed by atoms with Crippen molar-refractivity contribution in [3.63, 3.8) is 0 Å². The summed E-state index contributed by atoms with van der Waals surface area (Å²) in [6.07, 6.45) is 9.98. The summed E-state index contributed by atoms with van der Waals surface area (Å²) in [6.45, 7) is 3.29. The fourth-order valence-electron chi connectivity index (χ4n) is 5.31. The van der Waals surface area contributed by atoms with Crippen molar-refractivity contribution in [2.75, 3.05) is 17.2 Å². The molecule has 0 radical (unpaired) electrons. The molecule has 0 saturated heterocycles. The number of aromatic nitrogens is 2. The molecule has 1 N–H and O–H groups in total. The van der Waals surface area contributed by atoms with E-state index in [-0.39, 0.29) is 5.25 Å². The van der Waals surface area contributed by atoms with E-state index in [1.54, 1.807) is 0 Å². The molecule has 3 atom stereocenters. The second-order valence-electron chi connectivity index (χ2n) is 8.42. The standard InChI is InChI=1S/C20H27N3O2S/c1-2-14-9-13(12-26(24,25)16-3-4-16)10-18(14)23-8-6-15-11-22-20-17(19(15)23)5-7-21-20/h5,7,11,13-14,16,18H,2-4,6,8-10,12H2,1H3,(H,21,22)/t13-,14+,18-/m0/s1. The van der Waals surface area contributed by atoms with Crippen molar-refractivity contribution in [3.05, 3.63) is 24.0 Å². The molecule has 0 aromatic carbocycles. The Balaban J connectivity index is 1.43. The van der Waals surface area contributed by atoms with Crippen molar-refractivity contribution in [1.82, 2.24) is 9.97 Å². The molecule has 140 valence electrons. The van der Waals surface area contributed by atoms with E-state index in [1.165, 1.54) is 16.6 Å². The van der Waals surface area contributed by atoms with E-state index < -0.39 is 9.84 Å². The third-order valence-corrected chi connectivity index (χ3v) is 9.15. The van der Waals surface area contributed by atoms with Crippen LogP contribution in [-0.2, 0) is 16.3 Å². The predicted octanol–water partition coefficient (Wildman–Crippen LogP) is 3.31. The molecule has 6 heteroatoms. The van der Waals surface area contributed by atoms with Crippen molar-refractivity contribution in [3.8, 4) is 0 Å². The molecule has 5 nitrogen and oxygen atoms in total. The van der Waals surface area contributed by atoms with Gasteiger partial charge in [-0.1, -0.05) is 13.3 Å². The lowest BCUT2D eigenvalue weighted by atomic mass is 9.98. The highest BCUT2D eigenvalue weighted by Gasteiger charge is 2.43. The molecule has 0 amide bonds. The lowest BCUT2D eigenvalue weighted by Gasteiger charge is -2.32. The number of sulfone groups is 1. The first-order chi connectivity index (χ1) is 12.6. The topological polar surface area (TPSA) is 66.1 Å². The quantitative estimate of drug-likeness (QED) is 0.873. The number of H-pyrrole nitrogens is 1. The normalized spacial score (nSPS) is 28.8. The van der Waals surface area contributed by atoms with Gasteiger partial charge < -0.3 is 9.88 Å². The van der Waals surface area contributed by atoms with Crippen LogP contribution in [0.2, 0.25) is 0 Å². The zero-order chi connectivity index (χ0) is 17.9. The fraction of sp³-hybridized carbons (Fsp3) is 0.650. The lowest BCUT2D eigenvalue weighted by Crippen LogP contribution is -2.36. The maximum atomic E-state index is 12.5. The number of fused-ring (bicyclic) bond motifs is 3. The number of aromatic amines is 1. The van der Waals surface area contributed by atoms with Crippen molar-refractivity contribution in [2.24, 2.45) is 11.8 Å². The first-order valence-electron chi connectivity index (χ1n) is 10.00. The highest BCUT2D eigenvalue weighted by atomic mass is 32.2. The van der Waals surface area contributed by atoms with Gasteiger partial charge in [0.1, 0.15) is 5.65 Å². The van der Waals surface area contributed by atoms with Crippen LogP contribution >= 0.6 is 0 Å².